The molecule has 1 heterocycles. The molecule has 0 aliphatic heterocycles. The molecule has 1 aliphatic rings. The number of aliphatic hydroxyl groups is 1. The predicted molar refractivity (Wildman–Crippen MR) is 66.6 cm³/mol. The van der Waals surface area contributed by atoms with Gasteiger partial charge in [-0.25, -0.2) is 4.39 Å². The van der Waals surface area contributed by atoms with Crippen LogP contribution < -0.4 is 0 Å². The van der Waals surface area contributed by atoms with Gasteiger partial charge in [0.1, 0.15) is 5.82 Å². The van der Waals surface area contributed by atoms with E-state index in [1.54, 1.807) is 17.4 Å². The van der Waals surface area contributed by atoms with Crippen molar-refractivity contribution in [3.8, 4) is 0 Å². The highest BCUT2D eigenvalue weighted by atomic mass is 32.1. The minimum Gasteiger partial charge on any atom is -0.385 e. The first-order chi connectivity index (χ1) is 8.19. The summed E-state index contributed by atoms with van der Waals surface area (Å²) in [6.45, 7) is 0. The van der Waals surface area contributed by atoms with Gasteiger partial charge < -0.3 is 5.11 Å². The maximum atomic E-state index is 13.6. The average molecular weight is 248 g/mol. The van der Waals surface area contributed by atoms with Gasteiger partial charge in [-0.05, 0) is 41.5 Å². The molecule has 1 aliphatic carbocycles. The summed E-state index contributed by atoms with van der Waals surface area (Å²) < 4.78 is 13.6. The molecule has 1 aromatic carbocycles. The third-order valence-corrected chi connectivity index (χ3v) is 4.33. The van der Waals surface area contributed by atoms with E-state index in [0.717, 1.165) is 10.4 Å². The van der Waals surface area contributed by atoms with Gasteiger partial charge in [0.05, 0.1) is 5.60 Å². The fourth-order valence-electron chi connectivity index (χ4n) is 2.60. The largest absolute Gasteiger partial charge is 0.385 e. The van der Waals surface area contributed by atoms with Gasteiger partial charge in [-0.1, -0.05) is 18.2 Å². The van der Waals surface area contributed by atoms with Gasteiger partial charge in [-0.3, -0.25) is 0 Å². The van der Waals surface area contributed by atoms with Crippen LogP contribution in [-0.4, -0.2) is 5.11 Å². The molecular weight excluding hydrogens is 235 g/mol. The summed E-state index contributed by atoms with van der Waals surface area (Å²) in [6.07, 6.45) is 1.83. The molecule has 1 unspecified atom stereocenters. The van der Waals surface area contributed by atoms with E-state index in [4.69, 9.17) is 0 Å². The molecule has 0 fully saturated rings. The highest BCUT2D eigenvalue weighted by molar-refractivity contribution is 7.09. The highest BCUT2D eigenvalue weighted by Gasteiger charge is 2.38. The molecule has 88 valence electrons. The van der Waals surface area contributed by atoms with Crippen molar-refractivity contribution in [2.75, 3.05) is 0 Å². The van der Waals surface area contributed by atoms with Gasteiger partial charge in [-0.2, -0.15) is 0 Å². The van der Waals surface area contributed by atoms with Gasteiger partial charge in [-0.15, -0.1) is 11.3 Å². The Labute approximate surface area is 104 Å². The van der Waals surface area contributed by atoms with Crippen molar-refractivity contribution in [3.05, 3.63) is 57.5 Å². The molecule has 1 atom stereocenters. The molecule has 0 amide bonds. The first-order valence-electron chi connectivity index (χ1n) is 5.72. The van der Waals surface area contributed by atoms with Crippen LogP contribution in [0.5, 0.6) is 0 Å². The van der Waals surface area contributed by atoms with E-state index in [2.05, 4.69) is 0 Å². The minimum atomic E-state index is -0.887. The maximum absolute atomic E-state index is 13.6. The topological polar surface area (TPSA) is 20.2 Å². The Morgan fingerprint density at radius 2 is 2.18 bits per heavy atom. The maximum Gasteiger partial charge on any atom is 0.126 e. The molecule has 1 nitrogen and oxygen atoms in total. The van der Waals surface area contributed by atoms with Crippen LogP contribution in [0.4, 0.5) is 4.39 Å². The molecule has 3 heteroatoms. The first-order valence-corrected chi connectivity index (χ1v) is 6.60. The summed E-state index contributed by atoms with van der Waals surface area (Å²) in [5.41, 5.74) is 0.569. The number of hydrogen-bond acceptors (Lipinski definition) is 2. The lowest BCUT2D eigenvalue weighted by atomic mass is 9.91. The van der Waals surface area contributed by atoms with Crippen molar-refractivity contribution in [2.24, 2.45) is 0 Å². The number of fused-ring (bicyclic) bond motifs is 1. The van der Waals surface area contributed by atoms with Crippen LogP contribution in [0, 0.1) is 5.82 Å². The van der Waals surface area contributed by atoms with Crippen molar-refractivity contribution >= 4 is 11.3 Å². The van der Waals surface area contributed by atoms with Gasteiger partial charge >= 0.3 is 0 Å². The highest BCUT2D eigenvalue weighted by Crippen LogP contribution is 2.40. The third-order valence-electron chi connectivity index (χ3n) is 3.46. The zero-order chi connectivity index (χ0) is 11.9. The number of halogens is 1. The van der Waals surface area contributed by atoms with Gasteiger partial charge in [0, 0.05) is 11.3 Å². The second-order valence-corrected chi connectivity index (χ2v) is 5.59. The summed E-state index contributed by atoms with van der Waals surface area (Å²) >= 11 is 1.63. The van der Waals surface area contributed by atoms with E-state index < -0.39 is 5.60 Å². The van der Waals surface area contributed by atoms with Gasteiger partial charge in [0.15, 0.2) is 0 Å². The van der Waals surface area contributed by atoms with E-state index in [1.807, 2.05) is 23.6 Å². The van der Waals surface area contributed by atoms with Crippen LogP contribution in [0.1, 0.15) is 22.4 Å². The van der Waals surface area contributed by atoms with Crippen LogP contribution in [0.3, 0.4) is 0 Å². The molecule has 17 heavy (non-hydrogen) atoms. The van der Waals surface area contributed by atoms with E-state index in [-0.39, 0.29) is 5.82 Å². The van der Waals surface area contributed by atoms with Crippen molar-refractivity contribution in [2.45, 2.75) is 24.9 Å². The van der Waals surface area contributed by atoms with Crippen LogP contribution in [-0.2, 0) is 18.4 Å². The molecule has 0 saturated carbocycles. The summed E-state index contributed by atoms with van der Waals surface area (Å²) in [4.78, 5) is 1.14. The summed E-state index contributed by atoms with van der Waals surface area (Å²) in [7, 11) is 0. The lowest BCUT2D eigenvalue weighted by Crippen LogP contribution is -2.24. The van der Waals surface area contributed by atoms with Gasteiger partial charge in [0.2, 0.25) is 0 Å². The van der Waals surface area contributed by atoms with E-state index in [9.17, 15) is 9.50 Å². The van der Waals surface area contributed by atoms with Crippen molar-refractivity contribution < 1.29 is 9.50 Å². The molecule has 0 radical (unpaired) electrons. The number of hydrogen-bond donors (Lipinski definition) is 1. The Hall–Kier alpha value is -1.19. The normalized spacial score (nSPS) is 22.7. The van der Waals surface area contributed by atoms with Crippen molar-refractivity contribution in [1.29, 1.82) is 0 Å². The Kier molecular flexibility index (Phi) is 2.53. The molecule has 2 aromatic rings. The average Bonchev–Trinajstić information content (AvgIpc) is 2.90. The molecular formula is C14H13FOS. The fraction of sp³-hybridized carbons (Fsp3) is 0.286. The Morgan fingerprint density at radius 3 is 2.94 bits per heavy atom. The molecule has 1 N–H and O–H groups in total. The predicted octanol–water partition coefficient (Wildman–Crippen LogP) is 3.26. The van der Waals surface area contributed by atoms with Crippen LogP contribution in [0.25, 0.3) is 0 Å². The zero-order valence-electron chi connectivity index (χ0n) is 9.32. The van der Waals surface area contributed by atoms with E-state index >= 15 is 0 Å². The quantitative estimate of drug-likeness (QED) is 0.865. The summed E-state index contributed by atoms with van der Waals surface area (Å²) in [6, 6.07) is 8.98. The summed E-state index contributed by atoms with van der Waals surface area (Å²) in [5.74, 6) is -0.190. The van der Waals surface area contributed by atoms with Crippen molar-refractivity contribution in [1.82, 2.24) is 0 Å². The fourth-order valence-corrected chi connectivity index (χ4v) is 3.41. The van der Waals surface area contributed by atoms with E-state index in [1.165, 1.54) is 6.07 Å². The molecule has 3 rings (SSSR count). The Morgan fingerprint density at radius 1 is 1.29 bits per heavy atom. The zero-order valence-corrected chi connectivity index (χ0v) is 10.1. The Balaban J connectivity index is 1.99. The second kappa shape index (κ2) is 3.93. The number of rotatable bonds is 2. The molecule has 0 spiro atoms. The van der Waals surface area contributed by atoms with E-state index in [0.29, 0.717) is 24.8 Å². The van der Waals surface area contributed by atoms with Crippen LogP contribution in [0.15, 0.2) is 35.7 Å². The standard InChI is InChI=1S/C14H13FOS/c15-13-5-1-4-12-11(13)6-7-14(12,16)9-10-3-2-8-17-10/h1-5,8,16H,6-7,9H2. The molecule has 1 aromatic heterocycles. The smallest absolute Gasteiger partial charge is 0.126 e. The van der Waals surface area contributed by atoms with Gasteiger partial charge in [0.25, 0.3) is 0 Å². The van der Waals surface area contributed by atoms with Crippen molar-refractivity contribution in [3.63, 3.8) is 0 Å². The minimum absolute atomic E-state index is 0.190. The number of benzene rings is 1. The molecule has 0 bridgehead atoms. The van der Waals surface area contributed by atoms with Crippen LogP contribution >= 0.6 is 11.3 Å². The SMILES string of the molecule is OC1(Cc2cccs2)CCc2c(F)cccc21. The number of thiophene rings is 1. The third kappa shape index (κ3) is 1.79. The Bertz CT molecular complexity index is 535. The monoisotopic (exact) mass is 248 g/mol. The lowest BCUT2D eigenvalue weighted by molar-refractivity contribution is 0.0397. The lowest BCUT2D eigenvalue weighted by Gasteiger charge is -2.23. The molecule has 0 saturated heterocycles. The summed E-state index contributed by atoms with van der Waals surface area (Å²) in [5, 5.41) is 12.7. The second-order valence-electron chi connectivity index (χ2n) is 4.55. The first kappa shape index (κ1) is 10.9. The van der Waals surface area contributed by atoms with Crippen LogP contribution in [0.2, 0.25) is 0 Å².